The number of hydrogen-bond donors (Lipinski definition) is 1. The fourth-order valence-electron chi connectivity index (χ4n) is 1.46. The lowest BCUT2D eigenvalue weighted by molar-refractivity contribution is 0.293. The summed E-state index contributed by atoms with van der Waals surface area (Å²) >= 11 is 0. The summed E-state index contributed by atoms with van der Waals surface area (Å²) in [5.74, 6) is 0.835. The highest BCUT2D eigenvalue weighted by atomic mass is 16.5. The maximum atomic E-state index is 5.65. The summed E-state index contributed by atoms with van der Waals surface area (Å²) in [5.41, 5.74) is 6.32. The molecule has 0 fully saturated rings. The first-order valence-corrected chi connectivity index (χ1v) is 5.17. The van der Waals surface area contributed by atoms with E-state index in [9.17, 15) is 0 Å². The number of unbranched alkanes of at least 4 members (excludes halogenated alkanes) is 1. The van der Waals surface area contributed by atoms with Gasteiger partial charge in [-0.2, -0.15) is 0 Å². The minimum absolute atomic E-state index is 0.703. The smallest absolute Gasteiger partial charge is 0.199 e. The lowest BCUT2D eigenvalue weighted by atomic mass is 10.3. The molecule has 2 rings (SSSR count). The predicted molar refractivity (Wildman–Crippen MR) is 59.0 cm³/mol. The number of nitrogens with two attached hydrogens (primary N) is 1. The summed E-state index contributed by atoms with van der Waals surface area (Å²) in [6, 6.07) is 5.84. The molecule has 2 heterocycles. The maximum Gasteiger partial charge on any atom is 0.199 e. The molecule has 0 aromatic carbocycles. The minimum Gasteiger partial charge on any atom is -0.479 e. The van der Waals surface area contributed by atoms with Gasteiger partial charge in [0.15, 0.2) is 5.88 Å². The molecular weight excluding hydrogens is 190 g/mol. The fourth-order valence-corrected chi connectivity index (χ4v) is 1.46. The summed E-state index contributed by atoms with van der Waals surface area (Å²) in [7, 11) is 0. The quantitative estimate of drug-likeness (QED) is 0.752. The van der Waals surface area contributed by atoms with E-state index in [1.165, 1.54) is 0 Å². The van der Waals surface area contributed by atoms with Crippen molar-refractivity contribution >= 4 is 5.65 Å². The zero-order chi connectivity index (χ0) is 10.5. The molecule has 0 unspecified atom stereocenters. The van der Waals surface area contributed by atoms with E-state index in [-0.39, 0.29) is 0 Å². The second kappa shape index (κ2) is 4.79. The number of fused-ring (bicyclic) bond motifs is 1. The minimum atomic E-state index is 0.703. The van der Waals surface area contributed by atoms with E-state index in [0.29, 0.717) is 6.61 Å². The average molecular weight is 205 g/mol. The molecule has 4 heteroatoms. The van der Waals surface area contributed by atoms with Crippen LogP contribution in [-0.2, 0) is 0 Å². The Morgan fingerprint density at radius 3 is 3.13 bits per heavy atom. The molecule has 2 aromatic rings. The second-order valence-corrected chi connectivity index (χ2v) is 3.36. The molecule has 0 aliphatic carbocycles. The predicted octanol–water partition coefficient (Wildman–Crippen LogP) is 1.45. The zero-order valence-electron chi connectivity index (χ0n) is 8.60. The van der Waals surface area contributed by atoms with Crippen LogP contribution in [0.15, 0.2) is 30.6 Å². The fraction of sp³-hybridized carbons (Fsp3) is 0.364. The van der Waals surface area contributed by atoms with E-state index < -0.39 is 0 Å². The van der Waals surface area contributed by atoms with Crippen LogP contribution in [0.5, 0.6) is 5.88 Å². The highest BCUT2D eigenvalue weighted by molar-refractivity contribution is 5.41. The molecule has 0 aliphatic heterocycles. The highest BCUT2D eigenvalue weighted by Gasteiger charge is 2.00. The summed E-state index contributed by atoms with van der Waals surface area (Å²) < 4.78 is 7.58. The van der Waals surface area contributed by atoms with Crippen LogP contribution in [0.2, 0.25) is 0 Å². The number of rotatable bonds is 5. The van der Waals surface area contributed by atoms with Gasteiger partial charge in [0.25, 0.3) is 0 Å². The van der Waals surface area contributed by atoms with Gasteiger partial charge in [-0.1, -0.05) is 6.07 Å². The van der Waals surface area contributed by atoms with E-state index >= 15 is 0 Å². The maximum absolute atomic E-state index is 5.65. The lowest BCUT2D eigenvalue weighted by Crippen LogP contribution is -2.05. The molecule has 0 saturated heterocycles. The Morgan fingerprint density at radius 2 is 2.27 bits per heavy atom. The van der Waals surface area contributed by atoms with Gasteiger partial charge in [0.2, 0.25) is 0 Å². The van der Waals surface area contributed by atoms with Gasteiger partial charge >= 0.3 is 0 Å². The monoisotopic (exact) mass is 205 g/mol. The molecule has 0 atom stereocenters. The van der Waals surface area contributed by atoms with Gasteiger partial charge in [0.05, 0.1) is 6.61 Å². The molecule has 0 saturated carbocycles. The molecule has 4 nitrogen and oxygen atoms in total. The summed E-state index contributed by atoms with van der Waals surface area (Å²) in [5, 5.41) is 0. The summed E-state index contributed by atoms with van der Waals surface area (Å²) in [4.78, 5) is 4.19. The molecule has 2 aromatic heterocycles. The first-order valence-electron chi connectivity index (χ1n) is 5.17. The highest BCUT2D eigenvalue weighted by Crippen LogP contribution is 2.13. The third kappa shape index (κ3) is 2.27. The molecule has 0 radical (unpaired) electrons. The topological polar surface area (TPSA) is 52.5 Å². The normalized spacial score (nSPS) is 10.7. The van der Waals surface area contributed by atoms with Gasteiger partial charge in [0.1, 0.15) is 5.65 Å². The molecule has 80 valence electrons. The van der Waals surface area contributed by atoms with Crippen LogP contribution in [0, 0.1) is 0 Å². The van der Waals surface area contributed by atoms with Gasteiger partial charge in [-0.3, -0.25) is 4.40 Å². The molecule has 15 heavy (non-hydrogen) atoms. The third-order valence-corrected chi connectivity index (χ3v) is 2.24. The lowest BCUT2D eigenvalue weighted by Gasteiger charge is -2.07. The second-order valence-electron chi connectivity index (χ2n) is 3.36. The van der Waals surface area contributed by atoms with Crippen LogP contribution in [0.25, 0.3) is 5.65 Å². The van der Waals surface area contributed by atoms with Crippen LogP contribution in [0.4, 0.5) is 0 Å². The SMILES string of the molecule is NCCCCOc1cccc2nccn12. The molecule has 0 bridgehead atoms. The van der Waals surface area contributed by atoms with E-state index in [0.717, 1.165) is 30.9 Å². The molecule has 0 spiro atoms. The summed E-state index contributed by atoms with van der Waals surface area (Å²) in [6.07, 6.45) is 5.65. The van der Waals surface area contributed by atoms with Crippen molar-refractivity contribution in [2.24, 2.45) is 5.73 Å². The Balaban J connectivity index is 2.04. The molecular formula is C11H15N3O. The zero-order valence-corrected chi connectivity index (χ0v) is 8.60. The standard InChI is InChI=1S/C11H15N3O/c12-6-1-2-9-15-11-5-3-4-10-13-7-8-14(10)11/h3-5,7-8H,1-2,6,9,12H2. The number of hydrogen-bond acceptors (Lipinski definition) is 3. The van der Waals surface area contributed by atoms with E-state index in [1.807, 2.05) is 28.8 Å². The van der Waals surface area contributed by atoms with Crippen molar-refractivity contribution in [3.8, 4) is 5.88 Å². The van der Waals surface area contributed by atoms with Crippen LogP contribution in [0.3, 0.4) is 0 Å². The number of imidazole rings is 1. The Labute approximate surface area is 88.7 Å². The van der Waals surface area contributed by atoms with Gasteiger partial charge < -0.3 is 10.5 Å². The van der Waals surface area contributed by atoms with Crippen molar-refractivity contribution in [2.75, 3.05) is 13.2 Å². The van der Waals surface area contributed by atoms with Crippen molar-refractivity contribution < 1.29 is 4.74 Å². The van der Waals surface area contributed by atoms with Crippen molar-refractivity contribution in [3.05, 3.63) is 30.6 Å². The van der Waals surface area contributed by atoms with Crippen molar-refractivity contribution in [1.29, 1.82) is 0 Å². The van der Waals surface area contributed by atoms with Gasteiger partial charge in [-0.05, 0) is 31.5 Å². The Bertz CT molecular complexity index is 424. The van der Waals surface area contributed by atoms with Gasteiger partial charge in [-0.25, -0.2) is 4.98 Å². The van der Waals surface area contributed by atoms with Crippen molar-refractivity contribution in [1.82, 2.24) is 9.38 Å². The first kappa shape index (κ1) is 9.98. The largest absolute Gasteiger partial charge is 0.479 e. The number of nitrogens with zero attached hydrogens (tertiary/aromatic N) is 2. The van der Waals surface area contributed by atoms with E-state index in [4.69, 9.17) is 10.5 Å². The van der Waals surface area contributed by atoms with E-state index in [2.05, 4.69) is 4.98 Å². The van der Waals surface area contributed by atoms with Gasteiger partial charge in [0, 0.05) is 12.4 Å². The Hall–Kier alpha value is -1.55. The molecule has 0 aliphatic rings. The van der Waals surface area contributed by atoms with Crippen LogP contribution in [-0.4, -0.2) is 22.5 Å². The first-order chi connectivity index (χ1) is 7.42. The third-order valence-electron chi connectivity index (χ3n) is 2.24. The average Bonchev–Trinajstić information content (AvgIpc) is 2.73. The number of ether oxygens (including phenoxy) is 1. The number of aromatic nitrogens is 2. The Kier molecular flexibility index (Phi) is 3.19. The van der Waals surface area contributed by atoms with E-state index in [1.54, 1.807) is 6.20 Å². The van der Waals surface area contributed by atoms with Crippen LogP contribution in [0.1, 0.15) is 12.8 Å². The van der Waals surface area contributed by atoms with Crippen molar-refractivity contribution in [2.45, 2.75) is 12.8 Å². The molecule has 0 amide bonds. The van der Waals surface area contributed by atoms with Gasteiger partial charge in [-0.15, -0.1) is 0 Å². The van der Waals surface area contributed by atoms with Crippen molar-refractivity contribution in [3.63, 3.8) is 0 Å². The summed E-state index contributed by atoms with van der Waals surface area (Å²) in [6.45, 7) is 1.42. The van der Waals surface area contributed by atoms with Crippen LogP contribution < -0.4 is 10.5 Å². The van der Waals surface area contributed by atoms with Crippen LogP contribution >= 0.6 is 0 Å². The molecule has 2 N–H and O–H groups in total. The Morgan fingerprint density at radius 1 is 1.33 bits per heavy atom. The number of pyridine rings is 1.